The van der Waals surface area contributed by atoms with E-state index in [0.29, 0.717) is 6.04 Å². The van der Waals surface area contributed by atoms with Crippen LogP contribution in [0.2, 0.25) is 0 Å². The number of nitrogens with zero attached hydrogens (tertiary/aromatic N) is 1. The van der Waals surface area contributed by atoms with Crippen molar-refractivity contribution in [2.45, 2.75) is 10.9 Å². The standard InChI is InChI=1S/C18H22N2S/c1-21-17-9-7-16(8-10-17)18(15-5-3-2-4-6-15)20-13-11-19-12-14-20/h2-10,18-19H,11-14H2,1H3. The van der Waals surface area contributed by atoms with Gasteiger partial charge in [0.15, 0.2) is 0 Å². The third-order valence-corrected chi connectivity index (χ3v) is 4.81. The fraction of sp³-hybridized carbons (Fsp3) is 0.333. The first-order valence-electron chi connectivity index (χ1n) is 7.52. The van der Waals surface area contributed by atoms with Gasteiger partial charge in [0.25, 0.3) is 0 Å². The molecular weight excluding hydrogens is 276 g/mol. The van der Waals surface area contributed by atoms with Crippen LogP contribution in [0.1, 0.15) is 17.2 Å². The molecule has 0 aliphatic carbocycles. The van der Waals surface area contributed by atoms with E-state index in [2.05, 4.69) is 71.1 Å². The third kappa shape index (κ3) is 3.49. The second kappa shape index (κ2) is 7.12. The molecule has 0 spiro atoms. The van der Waals surface area contributed by atoms with Gasteiger partial charge < -0.3 is 5.32 Å². The first kappa shape index (κ1) is 14.6. The molecule has 3 rings (SSSR count). The smallest absolute Gasteiger partial charge is 0.0602 e. The van der Waals surface area contributed by atoms with Crippen LogP contribution in [0.15, 0.2) is 59.5 Å². The van der Waals surface area contributed by atoms with Gasteiger partial charge in [-0.3, -0.25) is 4.90 Å². The van der Waals surface area contributed by atoms with Gasteiger partial charge in [-0.15, -0.1) is 11.8 Å². The molecule has 1 fully saturated rings. The van der Waals surface area contributed by atoms with E-state index in [1.54, 1.807) is 11.8 Å². The Kier molecular flexibility index (Phi) is 4.96. The Morgan fingerprint density at radius 3 is 2.14 bits per heavy atom. The Bertz CT molecular complexity index is 547. The number of hydrogen-bond donors (Lipinski definition) is 1. The number of piperazine rings is 1. The summed E-state index contributed by atoms with van der Waals surface area (Å²) in [5, 5.41) is 3.45. The Balaban J connectivity index is 1.94. The number of thioether (sulfide) groups is 1. The maximum atomic E-state index is 3.45. The van der Waals surface area contributed by atoms with Crippen molar-refractivity contribution >= 4 is 11.8 Å². The van der Waals surface area contributed by atoms with Crippen LogP contribution in [0.4, 0.5) is 0 Å². The molecule has 3 heteroatoms. The quantitative estimate of drug-likeness (QED) is 0.871. The molecule has 1 atom stereocenters. The van der Waals surface area contributed by atoms with Gasteiger partial charge in [0.05, 0.1) is 6.04 Å². The molecule has 1 heterocycles. The summed E-state index contributed by atoms with van der Waals surface area (Å²) in [4.78, 5) is 3.91. The normalized spacial score (nSPS) is 17.6. The van der Waals surface area contributed by atoms with Gasteiger partial charge in [0.1, 0.15) is 0 Å². The van der Waals surface area contributed by atoms with Crippen molar-refractivity contribution in [2.75, 3.05) is 32.4 Å². The van der Waals surface area contributed by atoms with E-state index in [0.717, 1.165) is 26.2 Å². The molecule has 0 amide bonds. The van der Waals surface area contributed by atoms with Crippen LogP contribution >= 0.6 is 11.8 Å². The number of rotatable bonds is 4. The highest BCUT2D eigenvalue weighted by molar-refractivity contribution is 7.98. The SMILES string of the molecule is CSc1ccc(C(c2ccccc2)N2CCNCC2)cc1. The van der Waals surface area contributed by atoms with E-state index in [4.69, 9.17) is 0 Å². The van der Waals surface area contributed by atoms with Crippen molar-refractivity contribution in [3.05, 3.63) is 65.7 Å². The highest BCUT2D eigenvalue weighted by Gasteiger charge is 2.23. The zero-order valence-corrected chi connectivity index (χ0v) is 13.3. The molecule has 2 aromatic carbocycles. The van der Waals surface area contributed by atoms with Crippen LogP contribution < -0.4 is 5.32 Å². The fourth-order valence-electron chi connectivity index (χ4n) is 2.98. The monoisotopic (exact) mass is 298 g/mol. The van der Waals surface area contributed by atoms with Gasteiger partial charge in [-0.2, -0.15) is 0 Å². The Labute approximate surface area is 131 Å². The number of nitrogens with one attached hydrogen (secondary N) is 1. The van der Waals surface area contributed by atoms with E-state index < -0.39 is 0 Å². The third-order valence-electron chi connectivity index (χ3n) is 4.06. The van der Waals surface area contributed by atoms with Gasteiger partial charge in [-0.05, 0) is 29.5 Å². The molecule has 0 radical (unpaired) electrons. The summed E-state index contributed by atoms with van der Waals surface area (Å²) in [6, 6.07) is 20.3. The van der Waals surface area contributed by atoms with Crippen LogP contribution in [-0.4, -0.2) is 37.3 Å². The lowest BCUT2D eigenvalue weighted by molar-refractivity contribution is 0.198. The zero-order chi connectivity index (χ0) is 14.5. The molecule has 1 aliphatic rings. The molecule has 0 bridgehead atoms. The average Bonchev–Trinajstić information content (AvgIpc) is 2.58. The van der Waals surface area contributed by atoms with Crippen molar-refractivity contribution in [2.24, 2.45) is 0 Å². The average molecular weight is 298 g/mol. The molecule has 1 N–H and O–H groups in total. The van der Waals surface area contributed by atoms with Crippen molar-refractivity contribution in [3.63, 3.8) is 0 Å². The summed E-state index contributed by atoms with van der Waals surface area (Å²) in [5.41, 5.74) is 2.78. The van der Waals surface area contributed by atoms with E-state index in [1.165, 1.54) is 16.0 Å². The van der Waals surface area contributed by atoms with Crippen LogP contribution in [-0.2, 0) is 0 Å². The minimum atomic E-state index is 0.365. The van der Waals surface area contributed by atoms with Gasteiger partial charge >= 0.3 is 0 Å². The summed E-state index contributed by atoms with van der Waals surface area (Å²) in [6.07, 6.45) is 2.12. The second-order valence-electron chi connectivity index (χ2n) is 5.37. The molecule has 1 aliphatic heterocycles. The Hall–Kier alpha value is -1.29. The maximum absolute atomic E-state index is 3.45. The summed E-state index contributed by atoms with van der Waals surface area (Å²) in [6.45, 7) is 4.35. The van der Waals surface area contributed by atoms with Crippen molar-refractivity contribution < 1.29 is 0 Å². The van der Waals surface area contributed by atoms with Gasteiger partial charge in [-0.1, -0.05) is 42.5 Å². The lowest BCUT2D eigenvalue weighted by atomic mass is 9.96. The summed E-state index contributed by atoms with van der Waals surface area (Å²) in [5.74, 6) is 0. The molecule has 1 saturated heterocycles. The van der Waals surface area contributed by atoms with Gasteiger partial charge in [-0.25, -0.2) is 0 Å². The van der Waals surface area contributed by atoms with E-state index in [9.17, 15) is 0 Å². The van der Waals surface area contributed by atoms with E-state index in [1.807, 2.05) is 0 Å². The van der Waals surface area contributed by atoms with Crippen LogP contribution in [0.5, 0.6) is 0 Å². The summed E-state index contributed by atoms with van der Waals surface area (Å²) < 4.78 is 0. The molecule has 1 unspecified atom stereocenters. The molecule has 0 saturated carbocycles. The predicted molar refractivity (Wildman–Crippen MR) is 91.0 cm³/mol. The first-order valence-corrected chi connectivity index (χ1v) is 8.74. The van der Waals surface area contributed by atoms with Crippen molar-refractivity contribution in [1.29, 1.82) is 0 Å². The zero-order valence-electron chi connectivity index (χ0n) is 12.5. The molecule has 2 aromatic rings. The molecular formula is C18H22N2S. The van der Waals surface area contributed by atoms with Crippen LogP contribution in [0.25, 0.3) is 0 Å². The molecule has 21 heavy (non-hydrogen) atoms. The number of hydrogen-bond acceptors (Lipinski definition) is 3. The first-order chi connectivity index (χ1) is 10.4. The lowest BCUT2D eigenvalue weighted by Crippen LogP contribution is -2.45. The summed E-state index contributed by atoms with van der Waals surface area (Å²) >= 11 is 1.80. The minimum Gasteiger partial charge on any atom is -0.314 e. The van der Waals surface area contributed by atoms with Crippen LogP contribution in [0, 0.1) is 0 Å². The summed E-state index contributed by atoms with van der Waals surface area (Å²) in [7, 11) is 0. The topological polar surface area (TPSA) is 15.3 Å². The molecule has 0 aromatic heterocycles. The van der Waals surface area contributed by atoms with E-state index >= 15 is 0 Å². The van der Waals surface area contributed by atoms with Gasteiger partial charge in [0.2, 0.25) is 0 Å². The van der Waals surface area contributed by atoms with Crippen LogP contribution in [0.3, 0.4) is 0 Å². The Morgan fingerprint density at radius 2 is 1.52 bits per heavy atom. The number of benzene rings is 2. The van der Waals surface area contributed by atoms with E-state index in [-0.39, 0.29) is 0 Å². The maximum Gasteiger partial charge on any atom is 0.0602 e. The van der Waals surface area contributed by atoms with Crippen molar-refractivity contribution in [1.82, 2.24) is 10.2 Å². The fourth-order valence-corrected chi connectivity index (χ4v) is 3.38. The van der Waals surface area contributed by atoms with Gasteiger partial charge in [0, 0.05) is 31.1 Å². The molecule has 110 valence electrons. The molecule has 2 nitrogen and oxygen atoms in total. The van der Waals surface area contributed by atoms with Crippen molar-refractivity contribution in [3.8, 4) is 0 Å². The lowest BCUT2D eigenvalue weighted by Gasteiger charge is -2.35. The predicted octanol–water partition coefficient (Wildman–Crippen LogP) is 3.40. The largest absolute Gasteiger partial charge is 0.314 e. The highest BCUT2D eigenvalue weighted by atomic mass is 32.2. The highest BCUT2D eigenvalue weighted by Crippen LogP contribution is 2.30. The Morgan fingerprint density at radius 1 is 0.905 bits per heavy atom. The second-order valence-corrected chi connectivity index (χ2v) is 6.25. The minimum absolute atomic E-state index is 0.365.